The zero-order valence-electron chi connectivity index (χ0n) is 24.4. The van der Waals surface area contributed by atoms with Crippen molar-refractivity contribution in [3.63, 3.8) is 0 Å². The van der Waals surface area contributed by atoms with E-state index >= 15 is 0 Å². The Morgan fingerprint density at radius 3 is 1.61 bits per heavy atom. The van der Waals surface area contributed by atoms with E-state index in [1.165, 1.54) is 70.9 Å². The van der Waals surface area contributed by atoms with Crippen molar-refractivity contribution in [3.8, 4) is 22.3 Å². The molecule has 0 unspecified atom stereocenters. The third-order valence-corrected chi connectivity index (χ3v) is 8.79. The minimum absolute atomic E-state index is 0.681. The number of hydrogen-bond donors (Lipinski definition) is 1. The predicted octanol–water partition coefficient (Wildman–Crippen LogP) is 11.4. The lowest BCUT2D eigenvalue weighted by atomic mass is 9.86. The molecule has 0 heterocycles. The van der Waals surface area contributed by atoms with Gasteiger partial charge in [-0.1, -0.05) is 140 Å². The van der Waals surface area contributed by atoms with Crippen LogP contribution in [0.3, 0.4) is 0 Å². The highest BCUT2D eigenvalue weighted by Crippen LogP contribution is 2.43. The van der Waals surface area contributed by atoms with Gasteiger partial charge in [0.05, 0.1) is 0 Å². The van der Waals surface area contributed by atoms with E-state index < -0.39 is 0 Å². The van der Waals surface area contributed by atoms with Crippen molar-refractivity contribution in [1.29, 1.82) is 0 Å². The first kappa shape index (κ1) is 26.0. The molecule has 0 aliphatic carbocycles. The van der Waals surface area contributed by atoms with Crippen LogP contribution in [0.15, 0.2) is 164 Å². The quantitative estimate of drug-likeness (QED) is 0.199. The van der Waals surface area contributed by atoms with Crippen LogP contribution in [-0.4, -0.2) is 0 Å². The lowest BCUT2D eigenvalue weighted by Gasteiger charge is -2.18. The van der Waals surface area contributed by atoms with E-state index in [1.807, 2.05) is 18.2 Å². The van der Waals surface area contributed by atoms with Crippen molar-refractivity contribution in [2.45, 2.75) is 6.54 Å². The fraction of sp³-hybridized carbons (Fsp3) is 0.0233. The summed E-state index contributed by atoms with van der Waals surface area (Å²) < 4.78 is 0. The Morgan fingerprint density at radius 1 is 0.432 bits per heavy atom. The van der Waals surface area contributed by atoms with Crippen LogP contribution in [0.5, 0.6) is 0 Å². The normalized spacial score (nSPS) is 11.4. The third kappa shape index (κ3) is 4.51. The Labute approximate surface area is 257 Å². The minimum atomic E-state index is 0.681. The second-order valence-corrected chi connectivity index (χ2v) is 11.5. The van der Waals surface area contributed by atoms with Crippen LogP contribution in [-0.2, 0) is 6.54 Å². The SMILES string of the molecule is C=C(NCc1cc(-c2ccccc2)cc(-c2cc3c4ccccc4c4ccccc4c3c3ccccc23)c1)c1ccccc1. The van der Waals surface area contributed by atoms with Crippen molar-refractivity contribution in [1.82, 2.24) is 5.32 Å². The molecule has 0 aliphatic rings. The number of rotatable bonds is 6. The zero-order valence-corrected chi connectivity index (χ0v) is 24.4. The molecule has 0 spiro atoms. The molecule has 0 aliphatic heterocycles. The van der Waals surface area contributed by atoms with E-state index in [4.69, 9.17) is 0 Å². The molecule has 0 amide bonds. The Kier molecular flexibility index (Phi) is 6.43. The van der Waals surface area contributed by atoms with Crippen LogP contribution < -0.4 is 5.32 Å². The van der Waals surface area contributed by atoms with Crippen LogP contribution in [0.25, 0.3) is 71.0 Å². The van der Waals surface area contributed by atoms with Gasteiger partial charge in [-0.25, -0.2) is 0 Å². The molecular weight excluding hydrogens is 530 g/mol. The summed E-state index contributed by atoms with van der Waals surface area (Å²) in [6.45, 7) is 5.00. The molecule has 1 heteroatoms. The van der Waals surface area contributed by atoms with E-state index in [1.54, 1.807) is 0 Å². The maximum absolute atomic E-state index is 4.32. The van der Waals surface area contributed by atoms with Crippen molar-refractivity contribution >= 4 is 48.8 Å². The first-order valence-corrected chi connectivity index (χ1v) is 15.2. The molecule has 0 fully saturated rings. The highest BCUT2D eigenvalue weighted by atomic mass is 14.9. The first-order valence-electron chi connectivity index (χ1n) is 15.2. The van der Waals surface area contributed by atoms with Gasteiger partial charge in [0.25, 0.3) is 0 Å². The molecule has 1 N–H and O–H groups in total. The average Bonchev–Trinajstić information content (AvgIpc) is 3.10. The molecule has 0 bridgehead atoms. The van der Waals surface area contributed by atoms with Gasteiger partial charge in [-0.15, -0.1) is 0 Å². The molecule has 0 saturated carbocycles. The number of nitrogens with one attached hydrogen (secondary N) is 1. The average molecular weight is 562 g/mol. The summed E-state index contributed by atoms with van der Waals surface area (Å²) >= 11 is 0. The molecule has 1 nitrogen and oxygen atoms in total. The van der Waals surface area contributed by atoms with Crippen LogP contribution in [0, 0.1) is 0 Å². The minimum Gasteiger partial charge on any atom is -0.381 e. The van der Waals surface area contributed by atoms with E-state index in [2.05, 4.69) is 151 Å². The Bertz CT molecular complexity index is 2330. The topological polar surface area (TPSA) is 12.0 Å². The molecule has 0 atom stereocenters. The van der Waals surface area contributed by atoms with Gasteiger partial charge in [0, 0.05) is 12.2 Å². The monoisotopic (exact) mass is 561 g/mol. The fourth-order valence-electron chi connectivity index (χ4n) is 6.70. The lowest BCUT2D eigenvalue weighted by Crippen LogP contribution is -2.11. The van der Waals surface area contributed by atoms with Gasteiger partial charge < -0.3 is 5.32 Å². The summed E-state index contributed by atoms with van der Waals surface area (Å²) in [7, 11) is 0. The molecule has 8 aromatic carbocycles. The lowest BCUT2D eigenvalue weighted by molar-refractivity contribution is 0.892. The molecule has 208 valence electrons. The second kappa shape index (κ2) is 10.9. The first-order chi connectivity index (χ1) is 21.7. The van der Waals surface area contributed by atoms with Crippen LogP contribution >= 0.6 is 0 Å². The summed E-state index contributed by atoms with van der Waals surface area (Å²) in [5, 5.41) is 13.9. The Morgan fingerprint density at radius 2 is 0.932 bits per heavy atom. The zero-order chi connectivity index (χ0) is 29.5. The van der Waals surface area contributed by atoms with E-state index in [0.29, 0.717) is 6.54 Å². The van der Waals surface area contributed by atoms with Crippen LogP contribution in [0.2, 0.25) is 0 Å². The summed E-state index contributed by atoms with van der Waals surface area (Å²) in [5.41, 5.74) is 8.11. The van der Waals surface area contributed by atoms with Gasteiger partial charge in [-0.05, 0) is 101 Å². The standard InChI is InChI=1S/C43H31N/c1-29(31-14-4-2-5-15-31)44-28-30-24-33(32-16-6-3-7-17-32)26-34(25-30)41-27-42-37-20-9-8-18-35(37)36-19-10-12-22-39(36)43(42)40-23-13-11-21-38(40)41/h2-27,44H,1,28H2. The predicted molar refractivity (Wildman–Crippen MR) is 190 cm³/mol. The number of benzene rings is 8. The van der Waals surface area contributed by atoms with Crippen molar-refractivity contribution < 1.29 is 0 Å². The highest BCUT2D eigenvalue weighted by molar-refractivity contribution is 6.33. The summed E-state index contributed by atoms with van der Waals surface area (Å²) in [4.78, 5) is 0. The third-order valence-electron chi connectivity index (χ3n) is 8.79. The molecule has 44 heavy (non-hydrogen) atoms. The van der Waals surface area contributed by atoms with E-state index in [0.717, 1.165) is 11.3 Å². The molecule has 0 aromatic heterocycles. The number of hydrogen-bond acceptors (Lipinski definition) is 1. The molecule has 0 saturated heterocycles. The fourth-order valence-corrected chi connectivity index (χ4v) is 6.70. The Hall–Kier alpha value is -5.66. The Balaban J connectivity index is 1.37. The van der Waals surface area contributed by atoms with E-state index in [-0.39, 0.29) is 0 Å². The second-order valence-electron chi connectivity index (χ2n) is 11.5. The van der Waals surface area contributed by atoms with Gasteiger partial charge in [-0.2, -0.15) is 0 Å². The van der Waals surface area contributed by atoms with Gasteiger partial charge >= 0.3 is 0 Å². The largest absolute Gasteiger partial charge is 0.381 e. The van der Waals surface area contributed by atoms with Crippen molar-refractivity contribution in [2.24, 2.45) is 0 Å². The molecule has 8 aromatic rings. The molecule has 0 radical (unpaired) electrons. The number of fused-ring (bicyclic) bond motifs is 8. The van der Waals surface area contributed by atoms with Crippen LogP contribution in [0.4, 0.5) is 0 Å². The summed E-state index contributed by atoms with van der Waals surface area (Å²) in [6, 6.07) is 57.0. The summed E-state index contributed by atoms with van der Waals surface area (Å²) in [5.74, 6) is 0. The maximum Gasteiger partial charge on any atom is 0.0401 e. The highest BCUT2D eigenvalue weighted by Gasteiger charge is 2.16. The molecular formula is C43H31N. The van der Waals surface area contributed by atoms with Crippen molar-refractivity contribution in [3.05, 3.63) is 175 Å². The van der Waals surface area contributed by atoms with Crippen LogP contribution in [0.1, 0.15) is 11.1 Å². The smallest absolute Gasteiger partial charge is 0.0401 e. The van der Waals surface area contributed by atoms with Gasteiger partial charge in [-0.3, -0.25) is 0 Å². The van der Waals surface area contributed by atoms with Crippen molar-refractivity contribution in [2.75, 3.05) is 0 Å². The van der Waals surface area contributed by atoms with E-state index in [9.17, 15) is 0 Å². The maximum atomic E-state index is 4.32. The van der Waals surface area contributed by atoms with Gasteiger partial charge in [0.15, 0.2) is 0 Å². The van der Waals surface area contributed by atoms with Gasteiger partial charge in [0.2, 0.25) is 0 Å². The van der Waals surface area contributed by atoms with Gasteiger partial charge in [0.1, 0.15) is 0 Å². The summed E-state index contributed by atoms with van der Waals surface area (Å²) in [6.07, 6.45) is 0. The molecule has 8 rings (SSSR count).